The Kier molecular flexibility index (Phi) is 6.45. The number of hydrogen-bond acceptors (Lipinski definition) is 3. The van der Waals surface area contributed by atoms with Crippen molar-refractivity contribution in [2.45, 2.75) is 19.5 Å². The highest BCUT2D eigenvalue weighted by Crippen LogP contribution is 2.17. The fraction of sp³-hybridized carbons (Fsp3) is 0.190. The lowest BCUT2D eigenvalue weighted by Crippen LogP contribution is -2.33. The molecule has 0 aliphatic rings. The standard InChI is InChI=1S/C21H21ClN4O2/c22-19-9-5-4-8-17(19)14-26-15-18(12-24-26)21(28)25(11-10-20(23)27)13-16-6-2-1-3-7-16/h1-9,12,15H,10-11,13-14H2,(H2,23,27). The number of carbonyl (C=O) groups excluding carboxylic acids is 2. The summed E-state index contributed by atoms with van der Waals surface area (Å²) in [5.41, 5.74) is 7.62. The molecule has 1 aromatic heterocycles. The van der Waals surface area contributed by atoms with Gasteiger partial charge in [0.05, 0.1) is 18.3 Å². The van der Waals surface area contributed by atoms with E-state index < -0.39 is 5.91 Å². The first-order valence-corrected chi connectivity index (χ1v) is 9.28. The summed E-state index contributed by atoms with van der Waals surface area (Å²) in [5.74, 6) is -0.643. The van der Waals surface area contributed by atoms with Gasteiger partial charge < -0.3 is 10.6 Å². The number of primary amides is 1. The zero-order valence-electron chi connectivity index (χ0n) is 15.3. The van der Waals surface area contributed by atoms with E-state index in [-0.39, 0.29) is 18.9 Å². The smallest absolute Gasteiger partial charge is 0.257 e. The molecule has 0 aliphatic carbocycles. The van der Waals surface area contributed by atoms with Gasteiger partial charge >= 0.3 is 0 Å². The summed E-state index contributed by atoms with van der Waals surface area (Å²) >= 11 is 6.20. The van der Waals surface area contributed by atoms with Gasteiger partial charge in [-0.2, -0.15) is 5.10 Å². The number of carbonyl (C=O) groups is 2. The van der Waals surface area contributed by atoms with Gasteiger partial charge in [0.1, 0.15) is 0 Å². The third-order valence-corrected chi connectivity index (χ3v) is 4.67. The molecule has 0 radical (unpaired) electrons. The number of halogens is 1. The Morgan fingerprint density at radius 2 is 1.79 bits per heavy atom. The van der Waals surface area contributed by atoms with Crippen LogP contribution in [-0.2, 0) is 17.9 Å². The van der Waals surface area contributed by atoms with Gasteiger partial charge in [-0.05, 0) is 17.2 Å². The summed E-state index contributed by atoms with van der Waals surface area (Å²) in [4.78, 5) is 25.8. The lowest BCUT2D eigenvalue weighted by molar-refractivity contribution is -0.118. The number of nitrogens with two attached hydrogens (primary N) is 1. The summed E-state index contributed by atoms with van der Waals surface area (Å²) in [7, 11) is 0. The molecule has 6 nitrogen and oxygen atoms in total. The molecule has 3 aromatic rings. The van der Waals surface area contributed by atoms with E-state index in [1.807, 2.05) is 54.6 Å². The second-order valence-corrected chi connectivity index (χ2v) is 6.85. The van der Waals surface area contributed by atoms with E-state index >= 15 is 0 Å². The Balaban J connectivity index is 1.75. The van der Waals surface area contributed by atoms with Crippen LogP contribution in [0.2, 0.25) is 5.02 Å². The molecule has 0 saturated heterocycles. The molecule has 0 spiro atoms. The number of benzene rings is 2. The lowest BCUT2D eigenvalue weighted by atomic mass is 10.2. The highest BCUT2D eigenvalue weighted by molar-refractivity contribution is 6.31. The Labute approximate surface area is 168 Å². The lowest BCUT2D eigenvalue weighted by Gasteiger charge is -2.21. The molecule has 1 heterocycles. The maximum absolute atomic E-state index is 13.0. The second-order valence-electron chi connectivity index (χ2n) is 6.45. The van der Waals surface area contributed by atoms with Crippen molar-refractivity contribution >= 4 is 23.4 Å². The molecule has 2 N–H and O–H groups in total. The van der Waals surface area contributed by atoms with Gasteiger partial charge in [-0.25, -0.2) is 0 Å². The predicted octanol–water partition coefficient (Wildman–Crippen LogP) is 3.10. The second kappa shape index (κ2) is 9.19. The van der Waals surface area contributed by atoms with E-state index in [1.165, 1.54) is 6.20 Å². The number of amides is 2. The Hall–Kier alpha value is -3.12. The third kappa shape index (κ3) is 5.20. The molecule has 2 aromatic carbocycles. The van der Waals surface area contributed by atoms with E-state index in [1.54, 1.807) is 15.8 Å². The fourth-order valence-corrected chi connectivity index (χ4v) is 3.04. The normalized spacial score (nSPS) is 10.6. The van der Waals surface area contributed by atoms with Crippen molar-refractivity contribution in [3.63, 3.8) is 0 Å². The molecule has 0 aliphatic heterocycles. The average molecular weight is 397 g/mol. The van der Waals surface area contributed by atoms with Crippen LogP contribution in [0.5, 0.6) is 0 Å². The van der Waals surface area contributed by atoms with Gasteiger partial charge in [-0.1, -0.05) is 60.1 Å². The van der Waals surface area contributed by atoms with Crippen molar-refractivity contribution in [1.29, 1.82) is 0 Å². The molecule has 7 heteroatoms. The quantitative estimate of drug-likeness (QED) is 0.635. The van der Waals surface area contributed by atoms with Crippen LogP contribution in [0.4, 0.5) is 0 Å². The molecular formula is C21H21ClN4O2. The Morgan fingerprint density at radius 3 is 2.50 bits per heavy atom. The first kappa shape index (κ1) is 19.6. The highest BCUT2D eigenvalue weighted by atomic mass is 35.5. The number of rotatable bonds is 8. The van der Waals surface area contributed by atoms with Gasteiger partial charge in [0.15, 0.2) is 0 Å². The van der Waals surface area contributed by atoms with Crippen LogP contribution >= 0.6 is 11.6 Å². The number of aromatic nitrogens is 2. The van der Waals surface area contributed by atoms with Crippen LogP contribution < -0.4 is 5.73 Å². The number of nitrogens with zero attached hydrogens (tertiary/aromatic N) is 3. The van der Waals surface area contributed by atoms with Crippen molar-refractivity contribution in [1.82, 2.24) is 14.7 Å². The Bertz CT molecular complexity index is 956. The third-order valence-electron chi connectivity index (χ3n) is 4.30. The minimum atomic E-state index is -0.444. The van der Waals surface area contributed by atoms with E-state index in [9.17, 15) is 9.59 Å². The van der Waals surface area contributed by atoms with Gasteiger partial charge in [0.2, 0.25) is 5.91 Å². The minimum absolute atomic E-state index is 0.104. The topological polar surface area (TPSA) is 81.2 Å². The van der Waals surface area contributed by atoms with Crippen LogP contribution in [0.25, 0.3) is 0 Å². The van der Waals surface area contributed by atoms with Crippen molar-refractivity contribution in [3.8, 4) is 0 Å². The van der Waals surface area contributed by atoms with E-state index in [0.29, 0.717) is 23.7 Å². The monoisotopic (exact) mass is 396 g/mol. The molecule has 0 atom stereocenters. The average Bonchev–Trinajstić information content (AvgIpc) is 3.15. The SMILES string of the molecule is NC(=O)CCN(Cc1ccccc1)C(=O)c1cnn(Cc2ccccc2Cl)c1. The predicted molar refractivity (Wildman–Crippen MR) is 108 cm³/mol. The van der Waals surface area contributed by atoms with Crippen molar-refractivity contribution < 1.29 is 9.59 Å². The van der Waals surface area contributed by atoms with Crippen molar-refractivity contribution in [3.05, 3.63) is 88.7 Å². The van der Waals surface area contributed by atoms with Gasteiger partial charge in [0.25, 0.3) is 5.91 Å². The van der Waals surface area contributed by atoms with Gasteiger partial charge in [-0.3, -0.25) is 14.3 Å². The summed E-state index contributed by atoms with van der Waals surface area (Å²) < 4.78 is 1.67. The summed E-state index contributed by atoms with van der Waals surface area (Å²) in [5, 5.41) is 4.93. The molecule has 2 amide bonds. The first-order chi connectivity index (χ1) is 13.5. The molecule has 0 fully saturated rings. The van der Waals surface area contributed by atoms with Crippen LogP contribution in [-0.4, -0.2) is 33.0 Å². The molecule has 0 unspecified atom stereocenters. The zero-order chi connectivity index (χ0) is 19.9. The molecule has 3 rings (SSSR count). The summed E-state index contributed by atoms with van der Waals surface area (Å²) in [6, 6.07) is 17.1. The van der Waals surface area contributed by atoms with Crippen LogP contribution in [0, 0.1) is 0 Å². The van der Waals surface area contributed by atoms with E-state index in [2.05, 4.69) is 5.10 Å². The molecule has 144 valence electrons. The molecule has 28 heavy (non-hydrogen) atoms. The van der Waals surface area contributed by atoms with E-state index in [4.69, 9.17) is 17.3 Å². The van der Waals surface area contributed by atoms with Crippen LogP contribution in [0.1, 0.15) is 27.9 Å². The zero-order valence-corrected chi connectivity index (χ0v) is 16.0. The highest BCUT2D eigenvalue weighted by Gasteiger charge is 2.19. The van der Waals surface area contributed by atoms with Crippen LogP contribution in [0.3, 0.4) is 0 Å². The van der Waals surface area contributed by atoms with E-state index in [0.717, 1.165) is 11.1 Å². The largest absolute Gasteiger partial charge is 0.370 e. The van der Waals surface area contributed by atoms with Crippen molar-refractivity contribution in [2.24, 2.45) is 5.73 Å². The van der Waals surface area contributed by atoms with Crippen LogP contribution in [0.15, 0.2) is 67.0 Å². The fourth-order valence-electron chi connectivity index (χ4n) is 2.85. The molecular weight excluding hydrogens is 376 g/mol. The maximum atomic E-state index is 13.0. The van der Waals surface area contributed by atoms with Crippen molar-refractivity contribution in [2.75, 3.05) is 6.54 Å². The Morgan fingerprint density at radius 1 is 1.07 bits per heavy atom. The van der Waals surface area contributed by atoms with Gasteiger partial charge in [-0.15, -0.1) is 0 Å². The summed E-state index contributed by atoms with van der Waals surface area (Å²) in [6.45, 7) is 1.11. The minimum Gasteiger partial charge on any atom is -0.370 e. The maximum Gasteiger partial charge on any atom is 0.257 e. The molecule has 0 bridgehead atoms. The first-order valence-electron chi connectivity index (χ1n) is 8.90. The number of hydrogen-bond donors (Lipinski definition) is 1. The summed E-state index contributed by atoms with van der Waals surface area (Å²) in [6.07, 6.45) is 3.32. The molecule has 0 saturated carbocycles. The van der Waals surface area contributed by atoms with Gasteiger partial charge in [0, 0.05) is 30.7 Å².